The highest BCUT2D eigenvalue weighted by Gasteiger charge is 2.34. The van der Waals surface area contributed by atoms with Gasteiger partial charge in [0.1, 0.15) is 11.9 Å². The van der Waals surface area contributed by atoms with Gasteiger partial charge in [-0.05, 0) is 30.7 Å². The van der Waals surface area contributed by atoms with Crippen molar-refractivity contribution in [1.82, 2.24) is 4.90 Å². The first-order chi connectivity index (χ1) is 13.2. The summed E-state index contributed by atoms with van der Waals surface area (Å²) in [6.07, 6.45) is -0.301. The van der Waals surface area contributed by atoms with E-state index in [1.807, 2.05) is 53.4 Å². The van der Waals surface area contributed by atoms with Crippen molar-refractivity contribution in [3.8, 4) is 5.75 Å². The van der Waals surface area contributed by atoms with Crippen molar-refractivity contribution in [3.63, 3.8) is 0 Å². The Kier molecular flexibility index (Phi) is 4.55. The van der Waals surface area contributed by atoms with Crippen LogP contribution >= 0.6 is 0 Å². The van der Waals surface area contributed by atoms with Gasteiger partial charge in [-0.1, -0.05) is 60.2 Å². The second-order valence-corrected chi connectivity index (χ2v) is 6.75. The van der Waals surface area contributed by atoms with Crippen LogP contribution in [0.2, 0.25) is 0 Å². The molecule has 27 heavy (non-hydrogen) atoms. The van der Waals surface area contributed by atoms with Gasteiger partial charge >= 0.3 is 0 Å². The summed E-state index contributed by atoms with van der Waals surface area (Å²) in [4.78, 5) is 15.2. The third kappa shape index (κ3) is 3.26. The van der Waals surface area contributed by atoms with Gasteiger partial charge in [-0.3, -0.25) is 4.79 Å². The number of hydrogen-bond acceptors (Lipinski definition) is 3. The normalized spacial score (nSPS) is 15.9. The predicted molar refractivity (Wildman–Crippen MR) is 107 cm³/mol. The highest BCUT2D eigenvalue weighted by Crippen LogP contribution is 2.37. The summed E-state index contributed by atoms with van der Waals surface area (Å²) < 4.78 is 5.56. The van der Waals surface area contributed by atoms with Crippen LogP contribution in [0.5, 0.6) is 5.75 Å². The number of ether oxygens (including phenoxy) is 1. The summed E-state index contributed by atoms with van der Waals surface area (Å²) in [5.74, 6) is 0.775. The largest absolute Gasteiger partial charge is 0.496 e. The van der Waals surface area contributed by atoms with Gasteiger partial charge in [0.15, 0.2) is 0 Å². The minimum atomic E-state index is -0.301. The lowest BCUT2D eigenvalue weighted by atomic mass is 10.0. The molecular weight excluding hydrogens is 336 g/mol. The third-order valence-electron chi connectivity index (χ3n) is 4.93. The van der Waals surface area contributed by atoms with Gasteiger partial charge in [-0.15, -0.1) is 0 Å². The number of methoxy groups -OCH3 is 1. The number of amides is 1. The number of nitrogens with one attached hydrogen (secondary N) is 1. The molecule has 1 N–H and O–H groups in total. The first-order valence-corrected chi connectivity index (χ1v) is 9.02. The van der Waals surface area contributed by atoms with Crippen LogP contribution < -0.4 is 10.1 Å². The molecule has 0 bridgehead atoms. The minimum Gasteiger partial charge on any atom is -0.496 e. The Morgan fingerprint density at radius 1 is 0.963 bits per heavy atom. The second-order valence-electron chi connectivity index (χ2n) is 6.75. The van der Waals surface area contributed by atoms with Crippen molar-refractivity contribution in [2.45, 2.75) is 19.6 Å². The molecule has 0 fully saturated rings. The van der Waals surface area contributed by atoms with Crippen LogP contribution in [0.3, 0.4) is 0 Å². The summed E-state index contributed by atoms with van der Waals surface area (Å²) in [5, 5.41) is 3.53. The summed E-state index contributed by atoms with van der Waals surface area (Å²) in [5.41, 5.74) is 4.77. The lowest BCUT2D eigenvalue weighted by Gasteiger charge is -2.38. The van der Waals surface area contributed by atoms with E-state index in [9.17, 15) is 4.79 Å². The first kappa shape index (κ1) is 17.2. The van der Waals surface area contributed by atoms with Gasteiger partial charge < -0.3 is 15.0 Å². The molecule has 1 aliphatic heterocycles. The molecule has 1 aliphatic rings. The molecule has 0 aliphatic carbocycles. The molecule has 1 unspecified atom stereocenters. The summed E-state index contributed by atoms with van der Waals surface area (Å²) >= 11 is 0. The van der Waals surface area contributed by atoms with Crippen molar-refractivity contribution in [1.29, 1.82) is 0 Å². The third-order valence-corrected chi connectivity index (χ3v) is 4.93. The highest BCUT2D eigenvalue weighted by atomic mass is 16.5. The van der Waals surface area contributed by atoms with Gasteiger partial charge in [0.2, 0.25) is 0 Å². The second kappa shape index (κ2) is 7.16. The van der Waals surface area contributed by atoms with Crippen molar-refractivity contribution in [2.24, 2.45) is 0 Å². The maximum Gasteiger partial charge on any atom is 0.258 e. The zero-order valence-corrected chi connectivity index (χ0v) is 15.5. The Balaban J connectivity index is 1.78. The van der Waals surface area contributed by atoms with Crippen LogP contribution in [0, 0.1) is 6.92 Å². The molecule has 136 valence electrons. The maximum atomic E-state index is 13.3. The Morgan fingerprint density at radius 2 is 1.67 bits per heavy atom. The van der Waals surface area contributed by atoms with Crippen LogP contribution in [0.1, 0.15) is 33.2 Å². The fourth-order valence-corrected chi connectivity index (χ4v) is 3.48. The Morgan fingerprint density at radius 3 is 2.44 bits per heavy atom. The number of para-hydroxylation sites is 2. The molecule has 3 aromatic rings. The van der Waals surface area contributed by atoms with E-state index in [1.54, 1.807) is 7.11 Å². The van der Waals surface area contributed by atoms with E-state index < -0.39 is 0 Å². The summed E-state index contributed by atoms with van der Waals surface area (Å²) in [7, 11) is 1.65. The molecule has 0 saturated carbocycles. The van der Waals surface area contributed by atoms with Gasteiger partial charge in [0.05, 0.1) is 12.7 Å². The average Bonchev–Trinajstić information content (AvgIpc) is 2.71. The number of fused-ring (bicyclic) bond motifs is 1. The molecule has 4 rings (SSSR count). The van der Waals surface area contributed by atoms with Crippen molar-refractivity contribution in [3.05, 3.63) is 95.1 Å². The minimum absolute atomic E-state index is 0.0147. The Hall–Kier alpha value is -3.27. The zero-order chi connectivity index (χ0) is 18.8. The molecule has 1 heterocycles. The number of aryl methyl sites for hydroxylation is 1. The van der Waals surface area contributed by atoms with Gasteiger partial charge in [0, 0.05) is 17.8 Å². The molecule has 1 atom stereocenters. The lowest BCUT2D eigenvalue weighted by Crippen LogP contribution is -2.42. The number of carbonyl (C=O) groups is 1. The van der Waals surface area contributed by atoms with Gasteiger partial charge in [-0.25, -0.2) is 0 Å². The van der Waals surface area contributed by atoms with Crippen LogP contribution in [-0.4, -0.2) is 17.9 Å². The van der Waals surface area contributed by atoms with Crippen LogP contribution in [0.25, 0.3) is 0 Å². The molecule has 4 nitrogen and oxygen atoms in total. The number of nitrogens with zero attached hydrogens (tertiary/aromatic N) is 1. The lowest BCUT2D eigenvalue weighted by molar-refractivity contribution is 0.0664. The number of hydrogen-bond donors (Lipinski definition) is 1. The average molecular weight is 358 g/mol. The molecule has 1 amide bonds. The Labute approximate surface area is 159 Å². The highest BCUT2D eigenvalue weighted by molar-refractivity contribution is 6.01. The van der Waals surface area contributed by atoms with Crippen LogP contribution in [0.4, 0.5) is 5.69 Å². The predicted octanol–water partition coefficient (Wildman–Crippen LogP) is 4.77. The van der Waals surface area contributed by atoms with Crippen molar-refractivity contribution >= 4 is 11.6 Å². The number of rotatable bonds is 4. The van der Waals surface area contributed by atoms with E-state index >= 15 is 0 Å². The fourth-order valence-electron chi connectivity index (χ4n) is 3.48. The quantitative estimate of drug-likeness (QED) is 0.730. The molecule has 3 aromatic carbocycles. The summed E-state index contributed by atoms with van der Waals surface area (Å²) in [6, 6.07) is 23.8. The molecule has 0 aromatic heterocycles. The maximum absolute atomic E-state index is 13.3. The van der Waals surface area contributed by atoms with E-state index in [-0.39, 0.29) is 12.1 Å². The molecule has 0 spiro atoms. The van der Waals surface area contributed by atoms with E-state index in [4.69, 9.17) is 4.74 Å². The standard InChI is InChI=1S/C23H22N2O2/c1-16-11-13-17(14-12-16)15-25-22(19-8-4-6-10-21(19)27-2)24-20-9-5-3-7-18(20)23(25)26/h3-14,22,24H,15H2,1-2H3. The van der Waals surface area contributed by atoms with Crippen LogP contribution in [-0.2, 0) is 6.54 Å². The smallest absolute Gasteiger partial charge is 0.258 e. The molecule has 0 saturated heterocycles. The molecule has 0 radical (unpaired) electrons. The van der Waals surface area contributed by atoms with E-state index in [0.717, 1.165) is 22.6 Å². The first-order valence-electron chi connectivity index (χ1n) is 9.02. The fraction of sp³-hybridized carbons (Fsp3) is 0.174. The van der Waals surface area contributed by atoms with Crippen molar-refractivity contribution in [2.75, 3.05) is 12.4 Å². The number of benzene rings is 3. The monoisotopic (exact) mass is 358 g/mol. The topological polar surface area (TPSA) is 41.6 Å². The number of anilines is 1. The summed E-state index contributed by atoms with van der Waals surface area (Å²) in [6.45, 7) is 2.58. The van der Waals surface area contributed by atoms with Gasteiger partial charge in [0.25, 0.3) is 5.91 Å². The Bertz CT molecular complexity index is 966. The molecular formula is C23H22N2O2. The van der Waals surface area contributed by atoms with E-state index in [1.165, 1.54) is 5.56 Å². The van der Waals surface area contributed by atoms with E-state index in [0.29, 0.717) is 12.1 Å². The SMILES string of the molecule is COc1ccccc1C1Nc2ccccc2C(=O)N1Cc1ccc(C)cc1. The number of carbonyl (C=O) groups excluding carboxylic acids is 1. The van der Waals surface area contributed by atoms with Gasteiger partial charge in [-0.2, -0.15) is 0 Å². The van der Waals surface area contributed by atoms with E-state index in [2.05, 4.69) is 36.5 Å². The van der Waals surface area contributed by atoms with Crippen molar-refractivity contribution < 1.29 is 9.53 Å². The zero-order valence-electron chi connectivity index (χ0n) is 15.5. The van der Waals surface area contributed by atoms with Crippen LogP contribution in [0.15, 0.2) is 72.8 Å². The molecule has 4 heteroatoms.